The molecule has 0 unspecified atom stereocenters. The highest BCUT2D eigenvalue weighted by molar-refractivity contribution is 5.95. The molecule has 19 heavy (non-hydrogen) atoms. The topological polar surface area (TPSA) is 73.7 Å². The zero-order valence-corrected chi connectivity index (χ0v) is 12.0. The minimum atomic E-state index is -0.963. The molecule has 5 heteroatoms. The number of aryl methyl sites for hydroxylation is 2. The molecule has 2 N–H and O–H groups in total. The van der Waals surface area contributed by atoms with Gasteiger partial charge in [-0.25, -0.2) is 9.78 Å². The van der Waals surface area contributed by atoms with Crippen molar-refractivity contribution in [2.24, 2.45) is 0 Å². The zero-order chi connectivity index (χ0) is 14.6. The standard InChI is InChI=1S/C14H22N2O3/c1-9(2)16(6-5-7-17)13-12(14(18)19)10(3)8-11(4)15-13/h8-9,17H,5-7H2,1-4H3,(H,18,19). The van der Waals surface area contributed by atoms with Gasteiger partial charge in [0.25, 0.3) is 0 Å². The lowest BCUT2D eigenvalue weighted by atomic mass is 10.1. The highest BCUT2D eigenvalue weighted by Gasteiger charge is 2.22. The molecule has 0 aliphatic carbocycles. The van der Waals surface area contributed by atoms with Gasteiger partial charge in [0.05, 0.1) is 0 Å². The molecular formula is C14H22N2O3. The molecule has 0 saturated heterocycles. The van der Waals surface area contributed by atoms with E-state index in [1.807, 2.05) is 25.7 Å². The quantitative estimate of drug-likeness (QED) is 0.823. The summed E-state index contributed by atoms with van der Waals surface area (Å²) in [6.45, 7) is 8.28. The van der Waals surface area contributed by atoms with E-state index in [2.05, 4.69) is 4.98 Å². The van der Waals surface area contributed by atoms with Gasteiger partial charge in [-0.2, -0.15) is 0 Å². The van der Waals surface area contributed by atoms with Gasteiger partial charge in [0.15, 0.2) is 0 Å². The number of aromatic carboxylic acids is 1. The SMILES string of the molecule is Cc1cc(C)c(C(=O)O)c(N(CCCO)C(C)C)n1. The highest BCUT2D eigenvalue weighted by Crippen LogP contribution is 2.24. The second-order valence-corrected chi connectivity index (χ2v) is 4.95. The molecule has 0 fully saturated rings. The molecule has 0 aliphatic rings. The van der Waals surface area contributed by atoms with Crippen LogP contribution in [0.15, 0.2) is 6.07 Å². The van der Waals surface area contributed by atoms with E-state index in [0.29, 0.717) is 24.3 Å². The van der Waals surface area contributed by atoms with Crippen molar-refractivity contribution >= 4 is 11.8 Å². The predicted molar refractivity (Wildman–Crippen MR) is 74.9 cm³/mol. The van der Waals surface area contributed by atoms with Crippen molar-refractivity contribution < 1.29 is 15.0 Å². The molecule has 1 rings (SSSR count). The van der Waals surface area contributed by atoms with E-state index >= 15 is 0 Å². The predicted octanol–water partition coefficient (Wildman–Crippen LogP) is 1.99. The maximum Gasteiger partial charge on any atom is 0.339 e. The van der Waals surface area contributed by atoms with E-state index in [1.165, 1.54) is 0 Å². The Balaban J connectivity index is 3.31. The van der Waals surface area contributed by atoms with Crippen LogP contribution in [0, 0.1) is 13.8 Å². The van der Waals surface area contributed by atoms with Crippen LogP contribution < -0.4 is 4.90 Å². The Bertz CT molecular complexity index is 458. The highest BCUT2D eigenvalue weighted by atomic mass is 16.4. The number of aromatic nitrogens is 1. The summed E-state index contributed by atoms with van der Waals surface area (Å²) in [5.74, 6) is -0.469. The molecule has 0 bridgehead atoms. The van der Waals surface area contributed by atoms with Crippen molar-refractivity contribution in [3.63, 3.8) is 0 Å². The van der Waals surface area contributed by atoms with Crippen molar-refractivity contribution in [1.29, 1.82) is 0 Å². The summed E-state index contributed by atoms with van der Waals surface area (Å²) in [5, 5.41) is 18.3. The van der Waals surface area contributed by atoms with E-state index in [4.69, 9.17) is 5.11 Å². The zero-order valence-electron chi connectivity index (χ0n) is 12.0. The molecule has 106 valence electrons. The van der Waals surface area contributed by atoms with Crippen LogP contribution in [0.3, 0.4) is 0 Å². The Morgan fingerprint density at radius 1 is 1.42 bits per heavy atom. The van der Waals surface area contributed by atoms with E-state index in [-0.39, 0.29) is 18.2 Å². The third kappa shape index (κ3) is 3.67. The second kappa shape index (κ2) is 6.52. The number of aliphatic hydroxyl groups excluding tert-OH is 1. The number of carboxylic acids is 1. The van der Waals surface area contributed by atoms with Gasteiger partial charge in [0.1, 0.15) is 11.4 Å². The molecule has 0 aromatic carbocycles. The van der Waals surface area contributed by atoms with Gasteiger partial charge in [-0.15, -0.1) is 0 Å². The number of rotatable bonds is 6. The number of anilines is 1. The van der Waals surface area contributed by atoms with Crippen molar-refractivity contribution in [3.8, 4) is 0 Å². The Labute approximate surface area is 113 Å². The van der Waals surface area contributed by atoms with Crippen molar-refractivity contribution in [2.45, 2.75) is 40.2 Å². The summed E-state index contributed by atoms with van der Waals surface area (Å²) in [5.41, 5.74) is 1.76. The average Bonchev–Trinajstić information content (AvgIpc) is 2.27. The minimum absolute atomic E-state index is 0.0798. The molecule has 1 heterocycles. The Hall–Kier alpha value is -1.62. The lowest BCUT2D eigenvalue weighted by Crippen LogP contribution is -2.34. The van der Waals surface area contributed by atoms with Crippen LogP contribution in [0.2, 0.25) is 0 Å². The number of pyridine rings is 1. The van der Waals surface area contributed by atoms with Gasteiger partial charge >= 0.3 is 5.97 Å². The third-order valence-corrected chi connectivity index (χ3v) is 2.99. The number of carboxylic acid groups (broad SMARTS) is 1. The first-order valence-corrected chi connectivity index (χ1v) is 6.47. The van der Waals surface area contributed by atoms with Crippen LogP contribution in [0.4, 0.5) is 5.82 Å². The van der Waals surface area contributed by atoms with Gasteiger partial charge < -0.3 is 15.1 Å². The molecule has 5 nitrogen and oxygen atoms in total. The molecule has 0 atom stereocenters. The monoisotopic (exact) mass is 266 g/mol. The molecular weight excluding hydrogens is 244 g/mol. The molecule has 1 aromatic heterocycles. The molecule has 0 radical (unpaired) electrons. The largest absolute Gasteiger partial charge is 0.478 e. The molecule has 0 amide bonds. The summed E-state index contributed by atoms with van der Waals surface area (Å²) >= 11 is 0. The lowest BCUT2D eigenvalue weighted by molar-refractivity contribution is 0.0696. The fraction of sp³-hybridized carbons (Fsp3) is 0.571. The van der Waals surface area contributed by atoms with Gasteiger partial charge in [-0.05, 0) is 45.7 Å². The van der Waals surface area contributed by atoms with E-state index in [0.717, 1.165) is 5.69 Å². The summed E-state index contributed by atoms with van der Waals surface area (Å²) < 4.78 is 0. The Morgan fingerprint density at radius 3 is 2.53 bits per heavy atom. The van der Waals surface area contributed by atoms with Crippen LogP contribution in [-0.4, -0.2) is 40.4 Å². The normalized spacial score (nSPS) is 10.8. The van der Waals surface area contributed by atoms with Crippen LogP contribution in [-0.2, 0) is 0 Å². The number of carbonyl (C=O) groups is 1. The van der Waals surface area contributed by atoms with Gasteiger partial charge in [-0.3, -0.25) is 0 Å². The third-order valence-electron chi connectivity index (χ3n) is 2.99. The number of hydrogen-bond donors (Lipinski definition) is 2. The molecule has 0 aliphatic heterocycles. The van der Waals surface area contributed by atoms with Gasteiger partial charge in [0, 0.05) is 24.9 Å². The van der Waals surface area contributed by atoms with Crippen LogP contribution in [0.5, 0.6) is 0 Å². The minimum Gasteiger partial charge on any atom is -0.478 e. The van der Waals surface area contributed by atoms with Crippen LogP contribution >= 0.6 is 0 Å². The van der Waals surface area contributed by atoms with Crippen LogP contribution in [0.1, 0.15) is 41.9 Å². The summed E-state index contributed by atoms with van der Waals surface area (Å²) in [6, 6.07) is 1.90. The number of nitrogens with zero attached hydrogens (tertiary/aromatic N) is 2. The van der Waals surface area contributed by atoms with Gasteiger partial charge in [0.2, 0.25) is 0 Å². The van der Waals surface area contributed by atoms with E-state index < -0.39 is 5.97 Å². The van der Waals surface area contributed by atoms with E-state index in [9.17, 15) is 9.90 Å². The van der Waals surface area contributed by atoms with Crippen LogP contribution in [0.25, 0.3) is 0 Å². The lowest BCUT2D eigenvalue weighted by Gasteiger charge is -2.29. The first-order chi connectivity index (χ1) is 8.88. The summed E-state index contributed by atoms with van der Waals surface area (Å²) in [7, 11) is 0. The summed E-state index contributed by atoms with van der Waals surface area (Å²) in [4.78, 5) is 17.8. The Kier molecular flexibility index (Phi) is 5.30. The van der Waals surface area contributed by atoms with Crippen molar-refractivity contribution in [3.05, 3.63) is 22.9 Å². The van der Waals surface area contributed by atoms with E-state index in [1.54, 1.807) is 13.0 Å². The fourth-order valence-electron chi connectivity index (χ4n) is 2.14. The average molecular weight is 266 g/mol. The second-order valence-electron chi connectivity index (χ2n) is 4.95. The van der Waals surface area contributed by atoms with Gasteiger partial charge in [-0.1, -0.05) is 0 Å². The first-order valence-electron chi connectivity index (χ1n) is 6.47. The number of aliphatic hydroxyl groups is 1. The molecule has 0 saturated carbocycles. The first kappa shape index (κ1) is 15.4. The van der Waals surface area contributed by atoms with Crippen molar-refractivity contribution in [2.75, 3.05) is 18.1 Å². The Morgan fingerprint density at radius 2 is 2.05 bits per heavy atom. The summed E-state index contributed by atoms with van der Waals surface area (Å²) in [6.07, 6.45) is 0.589. The number of hydrogen-bond acceptors (Lipinski definition) is 4. The maximum atomic E-state index is 11.4. The molecule has 0 spiro atoms. The smallest absolute Gasteiger partial charge is 0.339 e. The fourth-order valence-corrected chi connectivity index (χ4v) is 2.14. The molecule has 1 aromatic rings. The maximum absolute atomic E-state index is 11.4. The van der Waals surface area contributed by atoms with Crippen molar-refractivity contribution in [1.82, 2.24) is 4.98 Å².